The van der Waals surface area contributed by atoms with Gasteiger partial charge >= 0.3 is 12.1 Å². The number of hydrogen-bond donors (Lipinski definition) is 4. The molecule has 0 spiro atoms. The maximum absolute atomic E-state index is 14.0. The molecule has 0 aromatic heterocycles. The molecular weight excluding hydrogens is 626 g/mol. The number of esters is 1. The van der Waals surface area contributed by atoms with Crippen LogP contribution in [0.2, 0.25) is 0 Å². The number of allylic oxidation sites excluding steroid dienone is 1. The number of hydrogen-bond acceptors (Lipinski definition) is 13. The Hall–Kier alpha value is -4.60. The van der Waals surface area contributed by atoms with Gasteiger partial charge in [0.15, 0.2) is 24.6 Å². The van der Waals surface area contributed by atoms with Gasteiger partial charge in [0, 0.05) is 16.5 Å². The molecule has 4 N–H and O–H groups in total. The van der Waals surface area contributed by atoms with Crippen molar-refractivity contribution in [2.45, 2.75) is 74.5 Å². The van der Waals surface area contributed by atoms with Gasteiger partial charge in [-0.3, -0.25) is 0 Å². The number of nitrogens with one attached hydrogen (secondary N) is 1. The van der Waals surface area contributed by atoms with Crippen molar-refractivity contribution in [3.05, 3.63) is 58.7 Å². The Morgan fingerprint density at radius 1 is 1.17 bits per heavy atom. The minimum Gasteiger partial charge on any atom is -0.507 e. The molecule has 0 bridgehead atoms. The van der Waals surface area contributed by atoms with Gasteiger partial charge in [-0.05, 0) is 62.2 Å². The summed E-state index contributed by atoms with van der Waals surface area (Å²) in [5, 5.41) is 36.3. The van der Waals surface area contributed by atoms with Gasteiger partial charge in [0.2, 0.25) is 5.60 Å². The Morgan fingerprint density at radius 3 is 2.71 bits per heavy atom. The van der Waals surface area contributed by atoms with Gasteiger partial charge in [0.05, 0.1) is 19.3 Å². The second kappa shape index (κ2) is 12.1. The molecule has 3 saturated heterocycles. The van der Waals surface area contributed by atoms with Crippen molar-refractivity contribution in [2.24, 2.45) is 0 Å². The summed E-state index contributed by atoms with van der Waals surface area (Å²) in [6.45, 7) is 3.42. The molecule has 6 unspecified atom stereocenters. The summed E-state index contributed by atoms with van der Waals surface area (Å²) in [6, 6.07) is 5.74. The molecule has 13 nitrogen and oxygen atoms in total. The predicted octanol–water partition coefficient (Wildman–Crippen LogP) is 1.39. The predicted molar refractivity (Wildman–Crippen MR) is 166 cm³/mol. The van der Waals surface area contributed by atoms with Gasteiger partial charge in [-0.15, -0.1) is 0 Å². The number of ether oxygens (including phenoxy) is 7. The number of cyclic esters (lactones) is 2. The number of carbonyl (C=O) groups is 2. The minimum atomic E-state index is -1.24. The third kappa shape index (κ3) is 5.35. The number of aliphatic hydroxyl groups excluding tert-OH is 2. The molecule has 48 heavy (non-hydrogen) atoms. The van der Waals surface area contributed by atoms with Gasteiger partial charge in [-0.1, -0.05) is 29.7 Å². The van der Waals surface area contributed by atoms with Crippen LogP contribution in [0.15, 0.2) is 47.6 Å². The first-order valence-electron chi connectivity index (χ1n) is 15.4. The van der Waals surface area contributed by atoms with Crippen LogP contribution in [0.3, 0.4) is 0 Å². The molecule has 0 saturated carbocycles. The number of rotatable bonds is 7. The van der Waals surface area contributed by atoms with E-state index in [4.69, 9.17) is 33.2 Å². The fourth-order valence-corrected chi connectivity index (χ4v) is 6.50. The van der Waals surface area contributed by atoms with Crippen molar-refractivity contribution >= 4 is 22.9 Å². The number of epoxide rings is 1. The van der Waals surface area contributed by atoms with Crippen LogP contribution in [0.25, 0.3) is 10.8 Å². The minimum absolute atomic E-state index is 0.0490. The molecule has 3 fully saturated rings. The second-order valence-corrected chi connectivity index (χ2v) is 12.1. The summed E-state index contributed by atoms with van der Waals surface area (Å²) in [7, 11) is 3.10. The van der Waals surface area contributed by atoms with Gasteiger partial charge in [-0.2, -0.15) is 0 Å². The number of benzene rings is 2. The first-order chi connectivity index (χ1) is 23.0. The third-order valence-corrected chi connectivity index (χ3v) is 9.23. The van der Waals surface area contributed by atoms with Crippen molar-refractivity contribution in [1.82, 2.24) is 5.32 Å². The SMILES string of the molecule is CNC1C(O[C@H]2/C3=C/C#C[C@H]4O[C@@]4(C4COC(=O)O4)C#CC3=C[C@@H]2OC(=O)c2c(O)ccc3c(C)cc(OC)cc23)OC(C)C(O)C1O. The van der Waals surface area contributed by atoms with Crippen molar-refractivity contribution in [1.29, 1.82) is 0 Å². The van der Waals surface area contributed by atoms with E-state index in [0.29, 0.717) is 22.3 Å². The molecule has 2 aromatic rings. The highest BCUT2D eigenvalue weighted by atomic mass is 16.8. The lowest BCUT2D eigenvalue weighted by Gasteiger charge is -2.42. The van der Waals surface area contributed by atoms with E-state index in [1.54, 1.807) is 38.3 Å². The maximum Gasteiger partial charge on any atom is 0.508 e. The summed E-state index contributed by atoms with van der Waals surface area (Å²) in [5.41, 5.74) is 0.400. The Bertz CT molecular complexity index is 1880. The van der Waals surface area contributed by atoms with Crippen LogP contribution < -0.4 is 10.1 Å². The summed E-state index contributed by atoms with van der Waals surface area (Å²) in [4.78, 5) is 25.7. The second-order valence-electron chi connectivity index (χ2n) is 12.1. The number of methoxy groups -OCH3 is 1. The normalized spacial score (nSPS) is 35.7. The topological polar surface area (TPSA) is 175 Å². The van der Waals surface area contributed by atoms with Gasteiger partial charge in [-0.25, -0.2) is 9.59 Å². The Balaban J connectivity index is 1.27. The van der Waals surface area contributed by atoms with Crippen molar-refractivity contribution < 1.29 is 58.1 Å². The van der Waals surface area contributed by atoms with Crippen molar-refractivity contribution in [3.63, 3.8) is 0 Å². The van der Waals surface area contributed by atoms with E-state index in [2.05, 4.69) is 29.0 Å². The molecule has 3 aliphatic heterocycles. The number of phenolic OH excluding ortho intramolecular Hbond substituents is 1. The van der Waals surface area contributed by atoms with E-state index in [1.165, 1.54) is 13.2 Å². The summed E-state index contributed by atoms with van der Waals surface area (Å²) >= 11 is 0. The number of likely N-dealkylation sites (N-methyl/N-ethyl adjacent to an activating group) is 1. The monoisotopic (exact) mass is 659 g/mol. The number of aromatic hydroxyl groups is 1. The van der Waals surface area contributed by atoms with E-state index >= 15 is 0 Å². The van der Waals surface area contributed by atoms with Crippen LogP contribution in [0.1, 0.15) is 22.8 Å². The summed E-state index contributed by atoms with van der Waals surface area (Å²) in [5.74, 6) is 11.4. The molecule has 0 amide bonds. The van der Waals surface area contributed by atoms with Crippen LogP contribution in [0, 0.1) is 30.6 Å². The lowest BCUT2D eigenvalue weighted by Crippen LogP contribution is -2.62. The maximum atomic E-state index is 14.0. The molecule has 3 heterocycles. The Kier molecular flexibility index (Phi) is 8.08. The average Bonchev–Trinajstić information content (AvgIpc) is 3.39. The molecule has 250 valence electrons. The van der Waals surface area contributed by atoms with Crippen LogP contribution in [-0.2, 0) is 28.4 Å². The number of fused-ring (bicyclic) bond motifs is 3. The van der Waals surface area contributed by atoms with Crippen LogP contribution in [0.5, 0.6) is 11.5 Å². The smallest absolute Gasteiger partial charge is 0.507 e. The first kappa shape index (κ1) is 32.0. The highest BCUT2D eigenvalue weighted by Gasteiger charge is 2.65. The number of phenols is 1. The summed E-state index contributed by atoms with van der Waals surface area (Å²) in [6.07, 6.45) is -5.56. The first-order valence-corrected chi connectivity index (χ1v) is 15.4. The average molecular weight is 660 g/mol. The number of carbonyl (C=O) groups excluding carboxylic acids is 2. The van der Waals surface area contributed by atoms with Gasteiger partial charge in [0.1, 0.15) is 42.0 Å². The highest BCUT2D eigenvalue weighted by molar-refractivity contribution is 6.08. The van der Waals surface area contributed by atoms with Crippen molar-refractivity contribution in [3.8, 4) is 35.2 Å². The molecule has 2 aromatic carbocycles. The van der Waals surface area contributed by atoms with E-state index in [9.17, 15) is 24.9 Å². The Morgan fingerprint density at radius 2 is 1.98 bits per heavy atom. The lowest BCUT2D eigenvalue weighted by atomic mass is 9.97. The molecule has 2 aliphatic carbocycles. The van der Waals surface area contributed by atoms with E-state index in [0.717, 1.165) is 10.9 Å². The van der Waals surface area contributed by atoms with Gasteiger partial charge < -0.3 is 53.8 Å². The number of aliphatic hydroxyl groups is 2. The fourth-order valence-electron chi connectivity index (χ4n) is 6.50. The van der Waals surface area contributed by atoms with E-state index in [1.807, 2.05) is 13.0 Å². The van der Waals surface area contributed by atoms with Crippen LogP contribution >= 0.6 is 0 Å². The van der Waals surface area contributed by atoms with E-state index < -0.39 is 72.8 Å². The zero-order chi connectivity index (χ0) is 33.9. The third-order valence-electron chi connectivity index (χ3n) is 9.23. The fraction of sp³-hybridized carbons (Fsp3) is 0.429. The van der Waals surface area contributed by atoms with Crippen LogP contribution in [-0.4, -0.2) is 109 Å². The quantitative estimate of drug-likeness (QED) is 0.191. The summed E-state index contributed by atoms with van der Waals surface area (Å²) < 4.78 is 40.0. The zero-order valence-electron chi connectivity index (χ0n) is 26.4. The molecule has 0 radical (unpaired) electrons. The zero-order valence-corrected chi connectivity index (χ0v) is 26.4. The van der Waals surface area contributed by atoms with Crippen LogP contribution in [0.4, 0.5) is 4.79 Å². The number of aryl methyl sites for hydroxylation is 1. The Labute approximate surface area is 275 Å². The van der Waals surface area contributed by atoms with E-state index in [-0.39, 0.29) is 17.9 Å². The molecule has 5 aliphatic rings. The standard InChI is InChI=1S/C35H33NO12/c1-16-12-19(42-4)14-22-20(16)8-9-23(37)27(22)32(40)45-24-13-18-10-11-35(26-15-43-34(41)46-26)25(48-35)7-5-6-21(18)31(24)47-33-28(36-3)30(39)29(38)17(2)44-33/h6,8-9,12-14,17,24-26,28-31,33,36-39H,15H2,1-4H3/b21-6+/t17?,24-,25+,26?,28?,29?,30?,31-,33?,35-/m0/s1. The van der Waals surface area contributed by atoms with Gasteiger partial charge in [0.25, 0.3) is 0 Å². The largest absolute Gasteiger partial charge is 0.508 e. The van der Waals surface area contributed by atoms with Crippen molar-refractivity contribution in [2.75, 3.05) is 20.8 Å². The molecular formula is C35H33NO12. The molecule has 13 heteroatoms. The molecule has 10 atom stereocenters. The lowest BCUT2D eigenvalue weighted by molar-refractivity contribution is -0.273. The molecule has 7 rings (SSSR count). The highest BCUT2D eigenvalue weighted by Crippen LogP contribution is 2.44.